The van der Waals surface area contributed by atoms with Crippen molar-refractivity contribution in [1.29, 1.82) is 0 Å². The number of nitrogens with one attached hydrogen (secondary N) is 3. The number of alkyl halides is 3. The molecule has 7 N–H and O–H groups in total. The molecular weight excluding hydrogens is 1060 g/mol. The number of aryl methyl sites for hydroxylation is 1. The Morgan fingerprint density at radius 1 is 0.432 bits per heavy atom. The van der Waals surface area contributed by atoms with Crippen LogP contribution in [0.2, 0.25) is 5.02 Å². The molecule has 0 aliphatic heterocycles. The van der Waals surface area contributed by atoms with E-state index < -0.39 is 29.6 Å². The van der Waals surface area contributed by atoms with Gasteiger partial charge in [-0.15, -0.1) is 0 Å². The summed E-state index contributed by atoms with van der Waals surface area (Å²) in [5.74, 6) is -3.55. The van der Waals surface area contributed by atoms with Crippen LogP contribution in [0.25, 0.3) is 44.5 Å². The molecular formula is C64H59ClF3N3O10. The first kappa shape index (κ1) is 62.5. The van der Waals surface area contributed by atoms with Crippen LogP contribution in [0.3, 0.4) is 0 Å². The maximum absolute atomic E-state index is 12.6. The zero-order chi connectivity index (χ0) is 59.2. The number of hydrogen-bond acceptors (Lipinski definition) is 7. The average Bonchev–Trinajstić information content (AvgIpc) is 3.50. The zero-order valence-corrected chi connectivity index (χ0v) is 45.4. The number of benzene rings is 8. The van der Waals surface area contributed by atoms with E-state index in [0.29, 0.717) is 56.3 Å². The third kappa shape index (κ3) is 20.4. The van der Waals surface area contributed by atoms with Crippen LogP contribution in [-0.4, -0.2) is 62.7 Å². The molecule has 0 fully saturated rings. The molecule has 0 aliphatic rings. The van der Waals surface area contributed by atoms with Crippen LogP contribution in [0, 0.1) is 6.92 Å². The summed E-state index contributed by atoms with van der Waals surface area (Å²) in [7, 11) is 0. The first-order chi connectivity index (χ1) is 38.5. The van der Waals surface area contributed by atoms with Crippen molar-refractivity contribution >= 4 is 64.3 Å². The van der Waals surface area contributed by atoms with E-state index in [1.807, 2.05) is 110 Å². The van der Waals surface area contributed by atoms with Gasteiger partial charge in [-0.05, 0) is 141 Å². The highest BCUT2D eigenvalue weighted by atomic mass is 35.5. The standard InChI is InChI=1S/C17H14F3NO3.C17H17NO3.C16H15NO3.C14H13ClO/c1-10(22)21-14-6-7-15(12(8-14)9-16(23)24)11-2-4-13(5-3-11)17(18,19)20;1-11-3-5-13(6-4-11)16-8-7-15(18-12(2)19)9-14(16)10-17(20)21;1-11(18)17-14-7-8-15(12-5-3-2-4-6-12)13(9-14)10-16(19)20;15-13-6-7-14(12(10-13)8-9-16)11-4-2-1-3-5-11/h2-8H,9H2,1H3,(H,21,22)(H,23,24);3-9H,10H2,1-2H3,(H,18,19)(H,20,21);2-9H,10H2,1H3,(H,17,18)(H,19,20);1-7,10,16H,8-9H2. The summed E-state index contributed by atoms with van der Waals surface area (Å²) in [5, 5.41) is 44.8. The molecule has 3 amide bonds. The molecule has 81 heavy (non-hydrogen) atoms. The van der Waals surface area contributed by atoms with Crippen LogP contribution >= 0.6 is 11.6 Å². The van der Waals surface area contributed by atoms with E-state index in [1.165, 1.54) is 39.0 Å². The smallest absolute Gasteiger partial charge is 0.416 e. The number of halogens is 4. The van der Waals surface area contributed by atoms with Gasteiger partial charge in [0.25, 0.3) is 0 Å². The second kappa shape index (κ2) is 30.1. The van der Waals surface area contributed by atoms with E-state index in [-0.39, 0.29) is 43.6 Å². The number of hydrogen-bond donors (Lipinski definition) is 7. The topological polar surface area (TPSA) is 219 Å². The van der Waals surface area contributed by atoms with Gasteiger partial charge in [0.05, 0.1) is 24.8 Å². The molecule has 0 saturated carbocycles. The molecule has 13 nitrogen and oxygen atoms in total. The van der Waals surface area contributed by atoms with Crippen LogP contribution in [0.4, 0.5) is 30.2 Å². The molecule has 0 atom stereocenters. The Labute approximate surface area is 471 Å². The second-order valence-corrected chi connectivity index (χ2v) is 18.8. The highest BCUT2D eigenvalue weighted by Crippen LogP contribution is 2.34. The van der Waals surface area contributed by atoms with Gasteiger partial charge in [0.15, 0.2) is 0 Å². The molecule has 0 aliphatic carbocycles. The summed E-state index contributed by atoms with van der Waals surface area (Å²) in [4.78, 5) is 66.4. The number of carboxylic acid groups (broad SMARTS) is 3. The lowest BCUT2D eigenvalue weighted by Crippen LogP contribution is -2.08. The molecule has 8 aromatic carbocycles. The maximum Gasteiger partial charge on any atom is 0.416 e. The molecule has 0 radical (unpaired) electrons. The number of amides is 3. The van der Waals surface area contributed by atoms with Crippen molar-refractivity contribution in [3.8, 4) is 44.5 Å². The number of aliphatic carboxylic acids is 3. The molecule has 8 aromatic rings. The van der Waals surface area contributed by atoms with E-state index in [1.54, 1.807) is 36.4 Å². The fraction of sp³-hybridized carbons (Fsp3) is 0.156. The Morgan fingerprint density at radius 2 is 0.753 bits per heavy atom. The molecule has 0 heterocycles. The number of aliphatic hydroxyl groups is 1. The Hall–Kier alpha value is -9.38. The van der Waals surface area contributed by atoms with Crippen LogP contribution in [0.15, 0.2) is 182 Å². The van der Waals surface area contributed by atoms with Gasteiger partial charge in [0.2, 0.25) is 17.7 Å². The molecule has 0 spiro atoms. The first-order valence-electron chi connectivity index (χ1n) is 25.1. The SMILES string of the molecule is CC(=O)Nc1ccc(-c2ccc(C(F)(F)F)cc2)c(CC(=O)O)c1.CC(=O)Nc1ccc(-c2ccc(C)cc2)c(CC(=O)O)c1.CC(=O)Nc1ccc(-c2ccccc2)c(CC(=O)O)c1.OCCc1cc(Cl)ccc1-c1ccccc1. The van der Waals surface area contributed by atoms with Crippen molar-refractivity contribution < 1.29 is 62.4 Å². The number of anilines is 3. The monoisotopic (exact) mass is 1120 g/mol. The largest absolute Gasteiger partial charge is 0.481 e. The Balaban J connectivity index is 0.000000200. The molecule has 8 rings (SSSR count). The average molecular weight is 1120 g/mol. The molecule has 418 valence electrons. The third-order valence-electron chi connectivity index (χ3n) is 11.8. The quantitative estimate of drug-likeness (QED) is 0.0515. The Kier molecular flexibility index (Phi) is 23.2. The molecule has 17 heteroatoms. The van der Waals surface area contributed by atoms with Crippen molar-refractivity contribution in [2.75, 3.05) is 22.6 Å². The number of carbonyl (C=O) groups excluding carboxylic acids is 3. The van der Waals surface area contributed by atoms with Crippen LogP contribution < -0.4 is 16.0 Å². The number of carboxylic acids is 3. The van der Waals surface area contributed by atoms with Crippen molar-refractivity contribution in [2.24, 2.45) is 0 Å². The zero-order valence-electron chi connectivity index (χ0n) is 44.6. The van der Waals surface area contributed by atoms with Gasteiger partial charge in [-0.1, -0.05) is 138 Å². The second-order valence-electron chi connectivity index (χ2n) is 18.3. The van der Waals surface area contributed by atoms with Crippen molar-refractivity contribution in [1.82, 2.24) is 0 Å². The van der Waals surface area contributed by atoms with E-state index in [0.717, 1.165) is 56.6 Å². The fourth-order valence-corrected chi connectivity index (χ4v) is 8.57. The summed E-state index contributed by atoms with van der Waals surface area (Å²) in [6.45, 7) is 6.30. The maximum atomic E-state index is 12.6. The summed E-state index contributed by atoms with van der Waals surface area (Å²) in [6, 6.07) is 53.2. The van der Waals surface area contributed by atoms with Gasteiger partial charge in [0.1, 0.15) is 0 Å². The van der Waals surface area contributed by atoms with E-state index in [2.05, 4.69) is 28.1 Å². The third-order valence-corrected chi connectivity index (χ3v) is 12.0. The summed E-state index contributed by atoms with van der Waals surface area (Å²) < 4.78 is 37.9. The fourth-order valence-electron chi connectivity index (χ4n) is 8.38. The number of carbonyl (C=O) groups is 6. The van der Waals surface area contributed by atoms with Crippen LogP contribution in [0.1, 0.15) is 54.2 Å². The highest BCUT2D eigenvalue weighted by Gasteiger charge is 2.30. The number of aliphatic hydroxyl groups excluding tert-OH is 1. The minimum absolute atomic E-state index is 0.0857. The van der Waals surface area contributed by atoms with Crippen molar-refractivity contribution in [3.05, 3.63) is 220 Å². The predicted molar refractivity (Wildman–Crippen MR) is 310 cm³/mol. The van der Waals surface area contributed by atoms with Crippen molar-refractivity contribution in [3.63, 3.8) is 0 Å². The summed E-state index contributed by atoms with van der Waals surface area (Å²) >= 11 is 5.96. The molecule has 0 unspecified atom stereocenters. The highest BCUT2D eigenvalue weighted by molar-refractivity contribution is 6.30. The lowest BCUT2D eigenvalue weighted by molar-refractivity contribution is -0.138. The van der Waals surface area contributed by atoms with Crippen molar-refractivity contribution in [2.45, 2.75) is 59.6 Å². The van der Waals surface area contributed by atoms with Gasteiger partial charge in [-0.3, -0.25) is 28.8 Å². The van der Waals surface area contributed by atoms with Gasteiger partial charge in [-0.2, -0.15) is 13.2 Å². The van der Waals surface area contributed by atoms with E-state index in [9.17, 15) is 41.9 Å². The minimum Gasteiger partial charge on any atom is -0.481 e. The molecule has 0 saturated heterocycles. The summed E-state index contributed by atoms with van der Waals surface area (Å²) in [5.41, 5.74) is 11.8. The van der Waals surface area contributed by atoms with E-state index in [4.69, 9.17) is 32.0 Å². The number of rotatable bonds is 15. The first-order valence-corrected chi connectivity index (χ1v) is 25.5. The van der Waals surface area contributed by atoms with Gasteiger partial charge >= 0.3 is 24.1 Å². The molecule has 0 bridgehead atoms. The van der Waals surface area contributed by atoms with Crippen LogP contribution in [0.5, 0.6) is 0 Å². The normalized spacial score (nSPS) is 10.5. The van der Waals surface area contributed by atoms with E-state index >= 15 is 0 Å². The van der Waals surface area contributed by atoms with Gasteiger partial charge in [0, 0.05) is 49.5 Å². The predicted octanol–water partition coefficient (Wildman–Crippen LogP) is 13.7. The summed E-state index contributed by atoms with van der Waals surface area (Å²) in [6.07, 6.45) is -4.29. The van der Waals surface area contributed by atoms with Gasteiger partial charge in [-0.25, -0.2) is 0 Å². The Bertz CT molecular complexity index is 3470. The Morgan fingerprint density at radius 3 is 1.07 bits per heavy atom. The van der Waals surface area contributed by atoms with Crippen LogP contribution in [-0.2, 0) is 60.6 Å². The lowest BCUT2D eigenvalue weighted by atomic mass is 9.96. The minimum atomic E-state index is -4.43. The van der Waals surface area contributed by atoms with Gasteiger partial charge < -0.3 is 36.4 Å². The molecule has 0 aromatic heterocycles. The lowest BCUT2D eigenvalue weighted by Gasteiger charge is -2.12.